The summed E-state index contributed by atoms with van der Waals surface area (Å²) in [7, 11) is -0.780. The molecule has 0 aliphatic heterocycles. The summed E-state index contributed by atoms with van der Waals surface area (Å²) in [6.45, 7) is 3.21. The van der Waals surface area contributed by atoms with Crippen molar-refractivity contribution in [3.8, 4) is 0 Å². The molecule has 0 fully saturated rings. The molecule has 1 aromatic rings. The van der Waals surface area contributed by atoms with Gasteiger partial charge in [0.05, 0.1) is 6.10 Å². The fourth-order valence-corrected chi connectivity index (χ4v) is 2.09. The number of halogens is 1. The Morgan fingerprint density at radius 1 is 1.39 bits per heavy atom. The maximum absolute atomic E-state index is 11.1. The van der Waals surface area contributed by atoms with Crippen LogP contribution in [0, 0.1) is 0 Å². The molecule has 0 aromatic heterocycles. The van der Waals surface area contributed by atoms with Crippen LogP contribution in [-0.4, -0.2) is 33.9 Å². The van der Waals surface area contributed by atoms with Crippen LogP contribution in [0.3, 0.4) is 0 Å². The smallest absolute Gasteiger partial charge is 0.0914 e. The second-order valence-corrected chi connectivity index (χ2v) is 6.61. The highest BCUT2D eigenvalue weighted by molar-refractivity contribution is 7.84. The Morgan fingerprint density at radius 3 is 2.56 bits per heavy atom. The van der Waals surface area contributed by atoms with Gasteiger partial charge >= 0.3 is 0 Å². The molecule has 0 amide bonds. The fourth-order valence-electron chi connectivity index (χ4n) is 1.51. The number of hydrogen-bond acceptors (Lipinski definition) is 3. The van der Waals surface area contributed by atoms with E-state index in [1.807, 2.05) is 19.1 Å². The van der Waals surface area contributed by atoms with E-state index >= 15 is 0 Å². The quantitative estimate of drug-likeness (QED) is 0.756. The van der Waals surface area contributed by atoms with Crippen molar-refractivity contribution in [2.45, 2.75) is 24.7 Å². The molecule has 0 saturated heterocycles. The largest absolute Gasteiger partial charge is 0.387 e. The molecule has 5 heteroatoms. The fraction of sp³-hybridized carbons (Fsp3) is 0.538. The van der Waals surface area contributed by atoms with Crippen molar-refractivity contribution in [2.24, 2.45) is 0 Å². The predicted octanol–water partition coefficient (Wildman–Crippen LogP) is 2.12. The van der Waals surface area contributed by atoms with Gasteiger partial charge in [0, 0.05) is 33.9 Å². The van der Waals surface area contributed by atoms with E-state index in [4.69, 9.17) is 11.6 Å². The zero-order valence-electron chi connectivity index (χ0n) is 10.7. The number of nitrogens with one attached hydrogen (secondary N) is 1. The molecule has 0 bridgehead atoms. The Balaban J connectivity index is 2.27. The van der Waals surface area contributed by atoms with Gasteiger partial charge in [0.1, 0.15) is 0 Å². The number of hydrogen-bond donors (Lipinski definition) is 2. The van der Waals surface area contributed by atoms with Gasteiger partial charge in [-0.15, -0.1) is 0 Å². The third-order valence-corrected chi connectivity index (χ3v) is 4.51. The van der Waals surface area contributed by atoms with Gasteiger partial charge in [0.15, 0.2) is 0 Å². The van der Waals surface area contributed by atoms with Gasteiger partial charge in [0.25, 0.3) is 0 Å². The van der Waals surface area contributed by atoms with Crippen LogP contribution in [-0.2, 0) is 10.8 Å². The van der Waals surface area contributed by atoms with E-state index in [2.05, 4.69) is 5.32 Å². The Kier molecular flexibility index (Phi) is 6.86. The van der Waals surface area contributed by atoms with E-state index < -0.39 is 16.9 Å². The average Bonchev–Trinajstić information content (AvgIpc) is 2.34. The van der Waals surface area contributed by atoms with Crippen LogP contribution in [0.5, 0.6) is 0 Å². The normalized spacial score (nSPS) is 16.2. The molecule has 18 heavy (non-hydrogen) atoms. The standard InChI is InChI=1S/C13H20ClNO2S/c1-10(18(2)17)7-8-15-9-13(16)11-3-5-12(14)6-4-11/h3-6,10,13,15-16H,7-9H2,1-2H3. The molecule has 1 aromatic carbocycles. The number of benzene rings is 1. The third-order valence-electron chi connectivity index (χ3n) is 2.89. The first-order valence-corrected chi connectivity index (χ1v) is 7.97. The molecule has 1 rings (SSSR count). The first-order valence-electron chi connectivity index (χ1n) is 5.97. The number of rotatable bonds is 7. The van der Waals surface area contributed by atoms with E-state index in [0.717, 1.165) is 18.5 Å². The van der Waals surface area contributed by atoms with E-state index in [9.17, 15) is 9.32 Å². The maximum Gasteiger partial charge on any atom is 0.0914 e. The molecule has 3 atom stereocenters. The minimum Gasteiger partial charge on any atom is -0.387 e. The minimum atomic E-state index is -0.780. The molecule has 0 aliphatic carbocycles. The monoisotopic (exact) mass is 289 g/mol. The van der Waals surface area contributed by atoms with Gasteiger partial charge in [-0.25, -0.2) is 0 Å². The van der Waals surface area contributed by atoms with Crippen LogP contribution < -0.4 is 5.32 Å². The highest BCUT2D eigenvalue weighted by Crippen LogP contribution is 2.15. The molecular formula is C13H20ClNO2S. The van der Waals surface area contributed by atoms with E-state index in [1.165, 1.54) is 0 Å². The predicted molar refractivity (Wildman–Crippen MR) is 77.4 cm³/mol. The third kappa shape index (κ3) is 5.48. The van der Waals surface area contributed by atoms with Crippen LogP contribution in [0.2, 0.25) is 5.02 Å². The van der Waals surface area contributed by atoms with Crippen molar-refractivity contribution in [2.75, 3.05) is 19.3 Å². The van der Waals surface area contributed by atoms with Crippen molar-refractivity contribution < 1.29 is 9.32 Å². The summed E-state index contributed by atoms with van der Waals surface area (Å²) < 4.78 is 11.1. The molecule has 0 spiro atoms. The molecule has 2 N–H and O–H groups in total. The number of aliphatic hydroxyl groups is 1. The molecular weight excluding hydrogens is 270 g/mol. The summed E-state index contributed by atoms with van der Waals surface area (Å²) in [4.78, 5) is 0. The van der Waals surface area contributed by atoms with Crippen LogP contribution in [0.4, 0.5) is 0 Å². The lowest BCUT2D eigenvalue weighted by atomic mass is 10.1. The summed E-state index contributed by atoms with van der Waals surface area (Å²) >= 11 is 5.78. The van der Waals surface area contributed by atoms with Crippen LogP contribution >= 0.6 is 11.6 Å². The van der Waals surface area contributed by atoms with Gasteiger partial charge in [-0.05, 0) is 30.7 Å². The first-order chi connectivity index (χ1) is 8.50. The van der Waals surface area contributed by atoms with E-state index in [1.54, 1.807) is 18.4 Å². The zero-order chi connectivity index (χ0) is 13.5. The molecule has 0 aliphatic rings. The van der Waals surface area contributed by atoms with Crippen LogP contribution in [0.15, 0.2) is 24.3 Å². The summed E-state index contributed by atoms with van der Waals surface area (Å²) in [5.74, 6) is 0. The van der Waals surface area contributed by atoms with Gasteiger partial charge in [0.2, 0.25) is 0 Å². The molecule has 102 valence electrons. The van der Waals surface area contributed by atoms with Crippen LogP contribution in [0.1, 0.15) is 25.0 Å². The Hall–Kier alpha value is -0.420. The molecule has 3 unspecified atom stereocenters. The molecule has 0 saturated carbocycles. The lowest BCUT2D eigenvalue weighted by Gasteiger charge is -2.13. The summed E-state index contributed by atoms with van der Waals surface area (Å²) in [6, 6.07) is 7.17. The average molecular weight is 290 g/mol. The Labute approximate surface area is 116 Å². The SMILES string of the molecule is CC(CCNCC(O)c1ccc(Cl)cc1)S(C)=O. The second kappa shape index (κ2) is 7.89. The lowest BCUT2D eigenvalue weighted by Crippen LogP contribution is -2.25. The van der Waals surface area contributed by atoms with Crippen molar-refractivity contribution in [1.29, 1.82) is 0 Å². The molecule has 0 radical (unpaired) electrons. The maximum atomic E-state index is 11.1. The van der Waals surface area contributed by atoms with Crippen molar-refractivity contribution in [1.82, 2.24) is 5.32 Å². The van der Waals surface area contributed by atoms with Crippen molar-refractivity contribution in [3.05, 3.63) is 34.9 Å². The van der Waals surface area contributed by atoms with Crippen LogP contribution in [0.25, 0.3) is 0 Å². The van der Waals surface area contributed by atoms with Crippen molar-refractivity contribution >= 4 is 22.4 Å². The summed E-state index contributed by atoms with van der Waals surface area (Å²) in [6.07, 6.45) is 2.02. The van der Waals surface area contributed by atoms with Gasteiger partial charge < -0.3 is 10.4 Å². The lowest BCUT2D eigenvalue weighted by molar-refractivity contribution is 0.175. The minimum absolute atomic E-state index is 0.185. The highest BCUT2D eigenvalue weighted by atomic mass is 35.5. The first kappa shape index (κ1) is 15.6. The molecule has 3 nitrogen and oxygen atoms in total. The second-order valence-electron chi connectivity index (χ2n) is 4.37. The van der Waals surface area contributed by atoms with Gasteiger partial charge in [-0.1, -0.05) is 30.7 Å². The summed E-state index contributed by atoms with van der Waals surface area (Å²) in [5.41, 5.74) is 0.846. The Bertz CT molecular complexity index is 383. The van der Waals surface area contributed by atoms with E-state index in [0.29, 0.717) is 11.6 Å². The number of aliphatic hydroxyl groups excluding tert-OH is 1. The van der Waals surface area contributed by atoms with Crippen molar-refractivity contribution in [3.63, 3.8) is 0 Å². The zero-order valence-corrected chi connectivity index (χ0v) is 12.3. The topological polar surface area (TPSA) is 49.3 Å². The highest BCUT2D eigenvalue weighted by Gasteiger charge is 2.08. The Morgan fingerprint density at radius 2 is 2.00 bits per heavy atom. The van der Waals surface area contributed by atoms with E-state index in [-0.39, 0.29) is 5.25 Å². The van der Waals surface area contributed by atoms with Gasteiger partial charge in [-0.3, -0.25) is 4.21 Å². The molecule has 0 heterocycles. The van der Waals surface area contributed by atoms with Gasteiger partial charge in [-0.2, -0.15) is 0 Å². The summed E-state index contributed by atoms with van der Waals surface area (Å²) in [5, 5.41) is 13.9.